The summed E-state index contributed by atoms with van der Waals surface area (Å²) in [7, 11) is 1.44. The molecule has 2 saturated heterocycles. The Balaban J connectivity index is 1.50. The molecule has 0 bridgehead atoms. The van der Waals surface area contributed by atoms with Crippen LogP contribution in [0.3, 0.4) is 0 Å². The van der Waals surface area contributed by atoms with E-state index in [1.807, 2.05) is 25.8 Å². The van der Waals surface area contributed by atoms with Crippen molar-refractivity contribution in [3.63, 3.8) is 0 Å². The number of esters is 1. The fourth-order valence-corrected chi connectivity index (χ4v) is 5.46. The van der Waals surface area contributed by atoms with Crippen LogP contribution >= 0.6 is 11.8 Å². The number of rotatable bonds is 6. The van der Waals surface area contributed by atoms with Crippen molar-refractivity contribution in [1.29, 1.82) is 0 Å². The van der Waals surface area contributed by atoms with E-state index in [-0.39, 0.29) is 24.0 Å². The first-order valence-corrected chi connectivity index (χ1v) is 12.5. The van der Waals surface area contributed by atoms with Crippen LogP contribution in [0.1, 0.15) is 52.9 Å². The van der Waals surface area contributed by atoms with Gasteiger partial charge in [-0.05, 0) is 59.5 Å². The number of hydrogen-bond donors (Lipinski definition) is 1. The Morgan fingerprint density at radius 3 is 2.27 bits per heavy atom. The van der Waals surface area contributed by atoms with Gasteiger partial charge in [0.15, 0.2) is 5.37 Å². The first-order chi connectivity index (χ1) is 15.6. The van der Waals surface area contributed by atoms with Crippen LogP contribution in [0, 0.1) is 5.92 Å². The fraction of sp³-hybridized carbons (Fsp3) is 0.818. The minimum Gasteiger partial charge on any atom is -0.469 e. The Morgan fingerprint density at radius 2 is 1.73 bits per heavy atom. The standard InChI is InChI=1S/C22H37N5O5S/c1-22(2,3)32-21(30)26-13-7-16(8-14-26)27-19(18(23)28)33-17(24-27)9-12-25-10-5-15(6-11-25)20(29)31-4/h15-16,19H,5-14H2,1-4H3,(H2,23,28). The second kappa shape index (κ2) is 10.9. The zero-order chi connectivity index (χ0) is 24.2. The third-order valence-corrected chi connectivity index (χ3v) is 7.44. The van der Waals surface area contributed by atoms with Crippen molar-refractivity contribution < 1.29 is 23.9 Å². The summed E-state index contributed by atoms with van der Waals surface area (Å²) in [5.74, 6) is -0.527. The average Bonchev–Trinajstić information content (AvgIpc) is 3.21. The highest BCUT2D eigenvalue weighted by Crippen LogP contribution is 2.33. The second-order valence-corrected chi connectivity index (χ2v) is 11.0. The minimum atomic E-state index is -0.523. The van der Waals surface area contributed by atoms with Crippen LogP contribution in [0.2, 0.25) is 0 Å². The number of ether oxygens (including phenoxy) is 2. The molecule has 3 rings (SSSR count). The summed E-state index contributed by atoms with van der Waals surface area (Å²) in [6.45, 7) is 9.22. The quantitative estimate of drug-likeness (QED) is 0.569. The molecule has 2 fully saturated rings. The van der Waals surface area contributed by atoms with Crippen LogP contribution in [0.4, 0.5) is 4.79 Å². The Morgan fingerprint density at radius 1 is 1.09 bits per heavy atom. The molecule has 3 heterocycles. The molecule has 1 unspecified atom stereocenters. The summed E-state index contributed by atoms with van der Waals surface area (Å²) >= 11 is 1.43. The van der Waals surface area contributed by atoms with Gasteiger partial charge >= 0.3 is 12.1 Å². The molecule has 0 saturated carbocycles. The molecule has 10 nitrogen and oxygen atoms in total. The molecule has 3 aliphatic rings. The highest BCUT2D eigenvalue weighted by Gasteiger charge is 2.39. The SMILES string of the molecule is COC(=O)C1CCN(CCC2=NN(C3CCN(C(=O)OC(C)(C)C)CC3)C(C(N)=O)S2)CC1. The van der Waals surface area contributed by atoms with Crippen molar-refractivity contribution in [1.82, 2.24) is 14.8 Å². The Kier molecular flexibility index (Phi) is 8.49. The molecule has 3 aliphatic heterocycles. The van der Waals surface area contributed by atoms with Crippen LogP contribution < -0.4 is 5.73 Å². The van der Waals surface area contributed by atoms with E-state index in [1.165, 1.54) is 18.9 Å². The number of carbonyl (C=O) groups is 3. The van der Waals surface area contributed by atoms with E-state index in [9.17, 15) is 14.4 Å². The molecular weight excluding hydrogens is 446 g/mol. The van der Waals surface area contributed by atoms with E-state index < -0.39 is 16.9 Å². The summed E-state index contributed by atoms with van der Waals surface area (Å²) in [5, 5.41) is 7.00. The lowest BCUT2D eigenvalue weighted by molar-refractivity contribution is -0.147. The number of piperidine rings is 2. The normalized spacial score (nSPS) is 23.4. The number of carbonyl (C=O) groups excluding carboxylic acids is 3. The molecule has 0 aromatic carbocycles. The number of primary amides is 1. The number of nitrogens with two attached hydrogens (primary N) is 1. The summed E-state index contributed by atoms with van der Waals surface area (Å²) in [6, 6.07) is 0.0574. The lowest BCUT2D eigenvalue weighted by atomic mass is 9.97. The Labute approximate surface area is 200 Å². The summed E-state index contributed by atoms with van der Waals surface area (Å²) in [4.78, 5) is 40.2. The molecule has 0 aromatic rings. The largest absolute Gasteiger partial charge is 0.469 e. The van der Waals surface area contributed by atoms with Gasteiger partial charge in [-0.2, -0.15) is 5.10 Å². The lowest BCUT2D eigenvalue weighted by Gasteiger charge is -2.37. The molecular formula is C22H37N5O5S. The maximum Gasteiger partial charge on any atom is 0.410 e. The summed E-state index contributed by atoms with van der Waals surface area (Å²) in [6.07, 6.45) is 3.47. The van der Waals surface area contributed by atoms with Crippen molar-refractivity contribution in [2.75, 3.05) is 39.8 Å². The first-order valence-electron chi connectivity index (χ1n) is 11.7. The van der Waals surface area contributed by atoms with Crippen LogP contribution in [-0.2, 0) is 19.1 Å². The zero-order valence-electron chi connectivity index (χ0n) is 20.1. The number of hydrazone groups is 1. The van der Waals surface area contributed by atoms with Crippen molar-refractivity contribution in [3.05, 3.63) is 0 Å². The monoisotopic (exact) mass is 483 g/mol. The smallest absolute Gasteiger partial charge is 0.410 e. The van der Waals surface area contributed by atoms with Gasteiger partial charge < -0.3 is 25.0 Å². The van der Waals surface area contributed by atoms with Crippen molar-refractivity contribution >= 4 is 34.8 Å². The van der Waals surface area contributed by atoms with Gasteiger partial charge in [-0.3, -0.25) is 14.6 Å². The van der Waals surface area contributed by atoms with Gasteiger partial charge in [0.1, 0.15) is 5.60 Å². The highest BCUT2D eigenvalue weighted by atomic mass is 32.2. The first kappa shape index (κ1) is 25.6. The number of methoxy groups -OCH3 is 1. The number of nitrogens with zero attached hydrogens (tertiary/aromatic N) is 4. The van der Waals surface area contributed by atoms with Gasteiger partial charge in [-0.15, -0.1) is 0 Å². The highest BCUT2D eigenvalue weighted by molar-refractivity contribution is 8.15. The molecule has 1 atom stereocenters. The molecule has 0 radical (unpaired) electrons. The zero-order valence-corrected chi connectivity index (χ0v) is 20.9. The van der Waals surface area contributed by atoms with Gasteiger partial charge in [-0.25, -0.2) is 4.79 Å². The molecule has 0 aliphatic carbocycles. The van der Waals surface area contributed by atoms with Crippen LogP contribution in [0.25, 0.3) is 0 Å². The molecule has 2 N–H and O–H groups in total. The summed E-state index contributed by atoms with van der Waals surface area (Å²) in [5.41, 5.74) is 5.16. The molecule has 2 amide bonds. The topological polar surface area (TPSA) is 118 Å². The van der Waals surface area contributed by atoms with Crippen LogP contribution in [0.15, 0.2) is 5.10 Å². The van der Waals surface area contributed by atoms with Crippen molar-refractivity contribution in [2.24, 2.45) is 16.8 Å². The van der Waals surface area contributed by atoms with Crippen LogP contribution in [0.5, 0.6) is 0 Å². The average molecular weight is 484 g/mol. The number of likely N-dealkylation sites (tertiary alicyclic amines) is 2. The van der Waals surface area contributed by atoms with Crippen molar-refractivity contribution in [2.45, 2.75) is 69.9 Å². The minimum absolute atomic E-state index is 0.00859. The van der Waals surface area contributed by atoms with E-state index in [0.717, 1.165) is 43.9 Å². The van der Waals surface area contributed by atoms with Gasteiger partial charge in [0.2, 0.25) is 0 Å². The number of amides is 2. The van der Waals surface area contributed by atoms with E-state index >= 15 is 0 Å². The lowest BCUT2D eigenvalue weighted by Crippen LogP contribution is -2.50. The predicted molar refractivity (Wildman–Crippen MR) is 126 cm³/mol. The molecule has 186 valence electrons. The van der Waals surface area contributed by atoms with Gasteiger partial charge in [0, 0.05) is 26.1 Å². The fourth-order valence-electron chi connectivity index (χ4n) is 4.41. The Hall–Kier alpha value is -2.01. The maximum absolute atomic E-state index is 12.3. The van der Waals surface area contributed by atoms with Crippen LogP contribution in [-0.4, -0.2) is 94.7 Å². The van der Waals surface area contributed by atoms with E-state index in [0.29, 0.717) is 25.9 Å². The molecule has 33 heavy (non-hydrogen) atoms. The number of hydrogen-bond acceptors (Lipinski definition) is 9. The third kappa shape index (κ3) is 6.99. The maximum atomic E-state index is 12.3. The predicted octanol–water partition coefficient (Wildman–Crippen LogP) is 1.83. The third-order valence-electron chi connectivity index (χ3n) is 6.21. The Bertz CT molecular complexity index is 755. The van der Waals surface area contributed by atoms with Gasteiger partial charge in [0.25, 0.3) is 5.91 Å². The summed E-state index contributed by atoms with van der Waals surface area (Å²) < 4.78 is 10.3. The molecule has 0 spiro atoms. The van der Waals surface area contributed by atoms with E-state index in [4.69, 9.17) is 20.3 Å². The van der Waals surface area contributed by atoms with Crippen molar-refractivity contribution in [3.8, 4) is 0 Å². The number of thioether (sulfide) groups is 1. The van der Waals surface area contributed by atoms with Gasteiger partial charge in [-0.1, -0.05) is 11.8 Å². The van der Waals surface area contributed by atoms with E-state index in [1.54, 1.807) is 4.90 Å². The molecule has 0 aromatic heterocycles. The molecule has 11 heteroatoms. The van der Waals surface area contributed by atoms with Gasteiger partial charge in [0.05, 0.1) is 24.1 Å². The second-order valence-electron chi connectivity index (χ2n) is 9.83. The van der Waals surface area contributed by atoms with E-state index in [2.05, 4.69) is 4.90 Å².